The number of thioether (sulfide) groups is 1. The second-order valence-electron chi connectivity index (χ2n) is 9.27. The molecule has 0 atom stereocenters. The fourth-order valence-electron chi connectivity index (χ4n) is 4.43. The van der Waals surface area contributed by atoms with E-state index in [9.17, 15) is 9.18 Å². The summed E-state index contributed by atoms with van der Waals surface area (Å²) in [6, 6.07) is 22.2. The third kappa shape index (κ3) is 6.92. The minimum Gasteiger partial charge on any atom is -0.366 e. The van der Waals surface area contributed by atoms with Crippen molar-refractivity contribution in [2.45, 2.75) is 30.8 Å². The summed E-state index contributed by atoms with van der Waals surface area (Å²) in [5.41, 5.74) is 4.17. The van der Waals surface area contributed by atoms with E-state index in [0.29, 0.717) is 23.5 Å². The summed E-state index contributed by atoms with van der Waals surface area (Å²) in [6.07, 6.45) is 2.53. The van der Waals surface area contributed by atoms with Gasteiger partial charge in [-0.25, -0.2) is 14.4 Å². The van der Waals surface area contributed by atoms with E-state index in [4.69, 9.17) is 9.97 Å². The van der Waals surface area contributed by atoms with Crippen LogP contribution in [0.2, 0.25) is 0 Å². The van der Waals surface area contributed by atoms with Crippen molar-refractivity contribution in [1.82, 2.24) is 20.3 Å². The zero-order chi connectivity index (χ0) is 27.0. The summed E-state index contributed by atoms with van der Waals surface area (Å²) in [5.74, 6) is 1.30. The molecule has 3 heterocycles. The fraction of sp³-hybridized carbons (Fsp3) is 0.267. The molecular weight excluding hydrogens is 511 g/mol. The third-order valence-electron chi connectivity index (χ3n) is 6.64. The van der Waals surface area contributed by atoms with E-state index in [0.717, 1.165) is 60.5 Å². The molecule has 0 radical (unpaired) electrons. The zero-order valence-corrected chi connectivity index (χ0v) is 22.7. The van der Waals surface area contributed by atoms with E-state index < -0.39 is 0 Å². The molecule has 200 valence electrons. The number of aromatic nitrogens is 3. The van der Waals surface area contributed by atoms with E-state index >= 15 is 0 Å². The highest BCUT2D eigenvalue weighted by Crippen LogP contribution is 2.26. The number of para-hydroxylation sites is 1. The first-order valence-corrected chi connectivity index (χ1v) is 14.1. The number of hydrogen-bond acceptors (Lipinski definition) is 7. The lowest BCUT2D eigenvalue weighted by Crippen LogP contribution is -2.47. The summed E-state index contributed by atoms with van der Waals surface area (Å²) in [5, 5.41) is 3.64. The summed E-state index contributed by atoms with van der Waals surface area (Å²) >= 11 is 1.58. The maximum atomic E-state index is 14.2. The highest BCUT2D eigenvalue weighted by Gasteiger charge is 2.21. The lowest BCUT2D eigenvalue weighted by atomic mass is 10.1. The standard InChI is InChI=1S/C30H31FN6OS/c1-2-24-19-28(37-17-15-36(16-18-37)27-9-4-3-8-26(27)31)35-30(34-24)39-21-22-10-12-23(13-11-22)29(38)33-20-25-7-5-6-14-32-25/h3-14,19H,2,15-18,20-21H2,1H3,(H,33,38). The number of hydrogen-bond donors (Lipinski definition) is 1. The van der Waals surface area contributed by atoms with Crippen LogP contribution in [0.3, 0.4) is 0 Å². The molecular formula is C30H31FN6OS. The Bertz CT molecular complexity index is 1390. The quantitative estimate of drug-likeness (QED) is 0.232. The summed E-state index contributed by atoms with van der Waals surface area (Å²) in [7, 11) is 0. The maximum absolute atomic E-state index is 14.2. The summed E-state index contributed by atoms with van der Waals surface area (Å²) in [4.78, 5) is 30.6. The number of pyridine rings is 1. The van der Waals surface area contributed by atoms with E-state index in [-0.39, 0.29) is 11.7 Å². The van der Waals surface area contributed by atoms with E-state index in [1.54, 1.807) is 24.0 Å². The number of rotatable bonds is 9. The molecule has 2 aromatic carbocycles. The third-order valence-corrected chi connectivity index (χ3v) is 7.56. The normalized spacial score (nSPS) is 13.4. The van der Waals surface area contributed by atoms with E-state index in [2.05, 4.69) is 33.1 Å². The topological polar surface area (TPSA) is 74.2 Å². The van der Waals surface area contributed by atoms with Crippen LogP contribution in [-0.2, 0) is 18.7 Å². The Balaban J connectivity index is 1.17. The highest BCUT2D eigenvalue weighted by atomic mass is 32.2. The van der Waals surface area contributed by atoms with E-state index in [1.165, 1.54) is 6.07 Å². The van der Waals surface area contributed by atoms with Gasteiger partial charge in [0.15, 0.2) is 5.16 Å². The number of piperazine rings is 1. The molecule has 4 aromatic rings. The largest absolute Gasteiger partial charge is 0.366 e. The average molecular weight is 543 g/mol. The van der Waals surface area contributed by atoms with Gasteiger partial charge < -0.3 is 15.1 Å². The first-order chi connectivity index (χ1) is 19.1. The molecule has 1 aliphatic rings. The number of nitrogens with one attached hydrogen (secondary N) is 1. The molecule has 1 fully saturated rings. The Morgan fingerprint density at radius 3 is 2.38 bits per heavy atom. The van der Waals surface area contributed by atoms with E-state index in [1.807, 2.05) is 54.6 Å². The van der Waals surface area contributed by atoms with Crippen LogP contribution in [0.25, 0.3) is 0 Å². The molecule has 0 saturated carbocycles. The number of halogens is 1. The van der Waals surface area contributed by atoms with Crippen molar-refractivity contribution >= 4 is 29.2 Å². The predicted octanol–water partition coefficient (Wildman–Crippen LogP) is 5.12. The van der Waals surface area contributed by atoms with Gasteiger partial charge in [-0.15, -0.1) is 0 Å². The SMILES string of the molecule is CCc1cc(N2CCN(c3ccccc3F)CC2)nc(SCc2ccc(C(=O)NCc3ccccn3)cc2)n1. The zero-order valence-electron chi connectivity index (χ0n) is 21.9. The van der Waals surface area contributed by atoms with Crippen LogP contribution in [-0.4, -0.2) is 47.0 Å². The molecule has 9 heteroatoms. The first kappa shape index (κ1) is 26.6. The maximum Gasteiger partial charge on any atom is 0.251 e. The van der Waals surface area contributed by atoms with Gasteiger partial charge in [0.2, 0.25) is 0 Å². The van der Waals surface area contributed by atoms with Crippen molar-refractivity contribution < 1.29 is 9.18 Å². The molecule has 39 heavy (non-hydrogen) atoms. The number of carbonyl (C=O) groups is 1. The predicted molar refractivity (Wildman–Crippen MR) is 154 cm³/mol. The van der Waals surface area contributed by atoms with Gasteiger partial charge in [0.25, 0.3) is 5.91 Å². The van der Waals surface area contributed by atoms with Crippen LogP contribution in [0.1, 0.15) is 34.2 Å². The second kappa shape index (κ2) is 12.7. The van der Waals surface area contributed by atoms with Crippen LogP contribution >= 0.6 is 11.8 Å². The van der Waals surface area contributed by atoms with Gasteiger partial charge in [-0.1, -0.05) is 49.0 Å². The highest BCUT2D eigenvalue weighted by molar-refractivity contribution is 7.98. The molecule has 7 nitrogen and oxygen atoms in total. The number of aryl methyl sites for hydroxylation is 1. The molecule has 0 aliphatic carbocycles. The van der Waals surface area contributed by atoms with Crippen LogP contribution < -0.4 is 15.1 Å². The van der Waals surface area contributed by atoms with Crippen molar-refractivity contribution in [3.8, 4) is 0 Å². The fourth-order valence-corrected chi connectivity index (χ4v) is 5.26. The minimum absolute atomic E-state index is 0.126. The molecule has 2 aromatic heterocycles. The number of carbonyl (C=O) groups excluding carboxylic acids is 1. The summed E-state index contributed by atoms with van der Waals surface area (Å²) in [6.45, 7) is 5.48. The number of anilines is 2. The Morgan fingerprint density at radius 2 is 1.67 bits per heavy atom. The Labute approximate surface area is 232 Å². The van der Waals surface area contributed by atoms with Gasteiger partial charge >= 0.3 is 0 Å². The Hall–Kier alpha value is -3.98. The lowest BCUT2D eigenvalue weighted by molar-refractivity contribution is 0.0950. The van der Waals surface area contributed by atoms with Crippen LogP contribution in [0, 0.1) is 5.82 Å². The van der Waals surface area contributed by atoms with Gasteiger partial charge in [0, 0.05) is 55.5 Å². The van der Waals surface area contributed by atoms with Crippen molar-refractivity contribution in [2.24, 2.45) is 0 Å². The number of nitrogens with zero attached hydrogens (tertiary/aromatic N) is 5. The molecule has 0 unspecified atom stereocenters. The molecule has 1 amide bonds. The first-order valence-electron chi connectivity index (χ1n) is 13.1. The van der Waals surface area contributed by atoms with Gasteiger partial charge in [-0.2, -0.15) is 0 Å². The second-order valence-corrected chi connectivity index (χ2v) is 10.2. The molecule has 1 N–H and O–H groups in total. The molecule has 0 spiro atoms. The number of amides is 1. The number of benzene rings is 2. The summed E-state index contributed by atoms with van der Waals surface area (Å²) < 4.78 is 14.2. The van der Waals surface area contributed by atoms with Crippen LogP contribution in [0.15, 0.2) is 84.1 Å². The molecule has 1 aliphatic heterocycles. The van der Waals surface area contributed by atoms with Gasteiger partial charge in [-0.3, -0.25) is 9.78 Å². The van der Waals surface area contributed by atoms with Crippen molar-refractivity contribution in [3.63, 3.8) is 0 Å². The average Bonchev–Trinajstić information content (AvgIpc) is 3.00. The molecule has 5 rings (SSSR count). The van der Waals surface area contributed by atoms with Gasteiger partial charge in [-0.05, 0) is 48.4 Å². The van der Waals surface area contributed by atoms with Gasteiger partial charge in [0.1, 0.15) is 11.6 Å². The molecule has 1 saturated heterocycles. The Morgan fingerprint density at radius 1 is 0.923 bits per heavy atom. The smallest absolute Gasteiger partial charge is 0.251 e. The van der Waals surface area contributed by atoms with Crippen molar-refractivity contribution in [3.05, 3.63) is 107 Å². The van der Waals surface area contributed by atoms with Crippen molar-refractivity contribution in [2.75, 3.05) is 36.0 Å². The minimum atomic E-state index is -0.182. The van der Waals surface area contributed by atoms with Crippen LogP contribution in [0.5, 0.6) is 0 Å². The lowest BCUT2D eigenvalue weighted by Gasteiger charge is -2.37. The Kier molecular flexibility index (Phi) is 8.68. The molecule has 0 bridgehead atoms. The van der Waals surface area contributed by atoms with Crippen molar-refractivity contribution in [1.29, 1.82) is 0 Å². The van der Waals surface area contributed by atoms with Gasteiger partial charge in [0.05, 0.1) is 17.9 Å². The monoisotopic (exact) mass is 542 g/mol. The van der Waals surface area contributed by atoms with Crippen LogP contribution in [0.4, 0.5) is 15.9 Å².